The summed E-state index contributed by atoms with van der Waals surface area (Å²) in [5.41, 5.74) is 1.40. The third kappa shape index (κ3) is 9.00. The number of benzene rings is 1. The van der Waals surface area contributed by atoms with Gasteiger partial charge in [-0.2, -0.15) is 0 Å². The Hall–Kier alpha value is -1.02. The summed E-state index contributed by atoms with van der Waals surface area (Å²) in [6.45, 7) is 3.84. The quantitative estimate of drug-likeness (QED) is 0.313. The number of epoxide rings is 1. The average molecular weight is 319 g/mol. The van der Waals surface area contributed by atoms with Crippen LogP contribution in [0.4, 0.5) is 0 Å². The molecule has 1 aliphatic rings. The molecule has 0 saturated carbocycles. The first kappa shape index (κ1) is 18.3. The van der Waals surface area contributed by atoms with E-state index < -0.39 is 0 Å². The maximum Gasteiger partial charge on any atom is 0.119 e. The molecule has 0 amide bonds. The second kappa shape index (κ2) is 11.5. The van der Waals surface area contributed by atoms with Gasteiger partial charge in [-0.05, 0) is 30.5 Å². The van der Waals surface area contributed by atoms with Crippen molar-refractivity contribution in [3.8, 4) is 5.75 Å². The Morgan fingerprint density at radius 1 is 0.957 bits per heavy atom. The van der Waals surface area contributed by atoms with Crippen LogP contribution >= 0.6 is 0 Å². The van der Waals surface area contributed by atoms with Gasteiger partial charge >= 0.3 is 0 Å². The molecule has 130 valence electrons. The first-order valence-electron chi connectivity index (χ1n) is 9.72. The summed E-state index contributed by atoms with van der Waals surface area (Å²) in [6, 6.07) is 8.56. The lowest BCUT2D eigenvalue weighted by molar-refractivity contribution is 0.263. The van der Waals surface area contributed by atoms with Crippen LogP contribution in [0.1, 0.15) is 76.7 Å². The van der Waals surface area contributed by atoms with E-state index >= 15 is 0 Å². The molecule has 0 spiro atoms. The van der Waals surface area contributed by atoms with Gasteiger partial charge in [0.05, 0.1) is 6.61 Å². The van der Waals surface area contributed by atoms with E-state index in [1.807, 2.05) is 6.07 Å². The van der Waals surface area contributed by atoms with Gasteiger partial charge in [0, 0.05) is 0 Å². The maximum atomic E-state index is 5.75. The fourth-order valence-electron chi connectivity index (χ4n) is 2.96. The minimum atomic E-state index is 0.334. The maximum absolute atomic E-state index is 5.75. The molecule has 0 aliphatic carbocycles. The molecule has 1 heterocycles. The predicted octanol–water partition coefficient (Wildman–Crippen LogP) is 5.93. The van der Waals surface area contributed by atoms with Crippen LogP contribution in [0.5, 0.6) is 5.75 Å². The molecule has 2 heteroatoms. The lowest BCUT2D eigenvalue weighted by atomic mass is 10.0. The van der Waals surface area contributed by atoms with Gasteiger partial charge in [-0.1, -0.05) is 76.8 Å². The summed E-state index contributed by atoms with van der Waals surface area (Å²) in [7, 11) is 0. The van der Waals surface area contributed by atoms with Gasteiger partial charge in [-0.25, -0.2) is 0 Å². The number of hydrogen-bond donors (Lipinski definition) is 0. The summed E-state index contributed by atoms with van der Waals surface area (Å²) in [4.78, 5) is 0. The van der Waals surface area contributed by atoms with Gasteiger partial charge in [0.25, 0.3) is 0 Å². The van der Waals surface area contributed by atoms with Crippen LogP contribution in [0.15, 0.2) is 24.3 Å². The number of unbranched alkanes of at least 4 members (excludes halogenated alkanes) is 9. The molecule has 2 nitrogen and oxygen atoms in total. The normalized spacial score (nSPS) is 16.5. The summed E-state index contributed by atoms with van der Waals surface area (Å²) in [5.74, 6) is 0.991. The minimum Gasteiger partial charge on any atom is -0.491 e. The molecule has 1 aromatic rings. The molecular formula is C21H34O2. The predicted molar refractivity (Wildman–Crippen MR) is 97.2 cm³/mol. The summed E-state index contributed by atoms with van der Waals surface area (Å²) in [5, 5.41) is 0. The van der Waals surface area contributed by atoms with E-state index in [9.17, 15) is 0 Å². The van der Waals surface area contributed by atoms with Gasteiger partial charge in [-0.15, -0.1) is 0 Å². The zero-order chi connectivity index (χ0) is 16.2. The van der Waals surface area contributed by atoms with Crippen LogP contribution < -0.4 is 4.74 Å². The molecule has 0 N–H and O–H groups in total. The highest BCUT2D eigenvalue weighted by Crippen LogP contribution is 2.18. The Bertz CT molecular complexity index is 412. The van der Waals surface area contributed by atoms with Crippen molar-refractivity contribution in [2.75, 3.05) is 13.2 Å². The fourth-order valence-corrected chi connectivity index (χ4v) is 2.96. The highest BCUT2D eigenvalue weighted by Gasteiger charge is 2.22. The number of hydrogen-bond acceptors (Lipinski definition) is 2. The lowest BCUT2D eigenvalue weighted by Crippen LogP contribution is -2.04. The van der Waals surface area contributed by atoms with Gasteiger partial charge in [0.15, 0.2) is 0 Å². The summed E-state index contributed by atoms with van der Waals surface area (Å²) >= 11 is 0. The zero-order valence-corrected chi connectivity index (χ0v) is 14.9. The van der Waals surface area contributed by atoms with Crippen molar-refractivity contribution in [3.63, 3.8) is 0 Å². The van der Waals surface area contributed by atoms with Crippen molar-refractivity contribution in [3.05, 3.63) is 29.8 Å². The Kier molecular flexibility index (Phi) is 9.16. The fraction of sp³-hybridized carbons (Fsp3) is 0.714. The van der Waals surface area contributed by atoms with E-state index in [2.05, 4.69) is 25.1 Å². The molecule has 23 heavy (non-hydrogen) atoms. The van der Waals surface area contributed by atoms with Crippen molar-refractivity contribution in [2.45, 2.75) is 83.7 Å². The minimum absolute atomic E-state index is 0.334. The second-order valence-electron chi connectivity index (χ2n) is 6.85. The van der Waals surface area contributed by atoms with Gasteiger partial charge in [0.1, 0.15) is 18.5 Å². The van der Waals surface area contributed by atoms with Crippen LogP contribution in [0.2, 0.25) is 0 Å². The van der Waals surface area contributed by atoms with Crippen LogP contribution in [-0.4, -0.2) is 19.3 Å². The summed E-state index contributed by atoms with van der Waals surface area (Å²) in [6.07, 6.45) is 15.5. The van der Waals surface area contributed by atoms with E-state index in [-0.39, 0.29) is 0 Å². The van der Waals surface area contributed by atoms with Gasteiger partial charge < -0.3 is 9.47 Å². The van der Waals surface area contributed by atoms with Crippen LogP contribution in [0, 0.1) is 0 Å². The number of ether oxygens (including phenoxy) is 2. The van der Waals surface area contributed by atoms with Crippen molar-refractivity contribution in [1.29, 1.82) is 0 Å². The summed E-state index contributed by atoms with van der Waals surface area (Å²) < 4.78 is 10.9. The van der Waals surface area contributed by atoms with Crippen molar-refractivity contribution < 1.29 is 9.47 Å². The number of aryl methyl sites for hydroxylation is 1. The smallest absolute Gasteiger partial charge is 0.119 e. The highest BCUT2D eigenvalue weighted by molar-refractivity contribution is 5.28. The molecule has 1 unspecified atom stereocenters. The van der Waals surface area contributed by atoms with Crippen molar-refractivity contribution in [2.24, 2.45) is 0 Å². The Labute approximate surface area is 142 Å². The molecule has 1 saturated heterocycles. The zero-order valence-electron chi connectivity index (χ0n) is 14.9. The molecular weight excluding hydrogens is 284 g/mol. The molecule has 2 rings (SSSR count). The third-order valence-corrected chi connectivity index (χ3v) is 4.56. The first-order valence-corrected chi connectivity index (χ1v) is 9.72. The van der Waals surface area contributed by atoms with Gasteiger partial charge in [0.2, 0.25) is 0 Å². The first-order chi connectivity index (χ1) is 11.4. The number of rotatable bonds is 14. The molecule has 0 aromatic heterocycles. The van der Waals surface area contributed by atoms with Gasteiger partial charge in [-0.3, -0.25) is 0 Å². The topological polar surface area (TPSA) is 21.8 Å². The van der Waals surface area contributed by atoms with E-state index in [0.29, 0.717) is 12.7 Å². The van der Waals surface area contributed by atoms with Crippen LogP contribution in [-0.2, 0) is 11.2 Å². The molecule has 1 atom stereocenters. The lowest BCUT2D eigenvalue weighted by Gasteiger charge is -2.07. The standard InChI is InChI=1S/C21H34O2/c1-2-3-4-5-6-7-8-9-10-11-13-19-14-12-15-20(16-19)22-17-21-18-23-21/h12,14-16,21H,2-11,13,17-18H2,1H3. The van der Waals surface area contributed by atoms with Crippen LogP contribution in [0.3, 0.4) is 0 Å². The Morgan fingerprint density at radius 2 is 1.61 bits per heavy atom. The van der Waals surface area contributed by atoms with Crippen LogP contribution in [0.25, 0.3) is 0 Å². The van der Waals surface area contributed by atoms with E-state index in [1.54, 1.807) is 0 Å². The molecule has 1 aliphatic heterocycles. The van der Waals surface area contributed by atoms with E-state index in [4.69, 9.17) is 9.47 Å². The SMILES string of the molecule is CCCCCCCCCCCCc1cccc(OCC2CO2)c1. The monoisotopic (exact) mass is 318 g/mol. The Morgan fingerprint density at radius 3 is 2.26 bits per heavy atom. The molecule has 1 fully saturated rings. The molecule has 0 radical (unpaired) electrons. The van der Waals surface area contributed by atoms with E-state index in [1.165, 1.54) is 76.2 Å². The highest BCUT2D eigenvalue weighted by atomic mass is 16.6. The largest absolute Gasteiger partial charge is 0.491 e. The van der Waals surface area contributed by atoms with Crippen molar-refractivity contribution in [1.82, 2.24) is 0 Å². The van der Waals surface area contributed by atoms with E-state index in [0.717, 1.165) is 12.4 Å². The second-order valence-corrected chi connectivity index (χ2v) is 6.85. The Balaban J connectivity index is 1.46. The molecule has 0 bridgehead atoms. The third-order valence-electron chi connectivity index (χ3n) is 4.56. The molecule has 1 aromatic carbocycles. The van der Waals surface area contributed by atoms with Crippen molar-refractivity contribution >= 4 is 0 Å². The average Bonchev–Trinajstić information content (AvgIpc) is 3.39.